The minimum atomic E-state index is -4.61. The van der Waals surface area contributed by atoms with Crippen molar-refractivity contribution in [2.24, 2.45) is 0 Å². The van der Waals surface area contributed by atoms with E-state index in [9.17, 15) is 18.0 Å². The summed E-state index contributed by atoms with van der Waals surface area (Å²) in [6.07, 6.45) is -3.08. The van der Waals surface area contributed by atoms with Crippen molar-refractivity contribution in [2.75, 3.05) is 5.32 Å². The number of nitrogens with one attached hydrogen (secondary N) is 1. The van der Waals surface area contributed by atoms with Crippen molar-refractivity contribution in [3.05, 3.63) is 65.4 Å². The Labute approximate surface area is 167 Å². The predicted molar refractivity (Wildman–Crippen MR) is 102 cm³/mol. The normalized spacial score (nSPS) is 12.6. The molecule has 3 rings (SSSR count). The summed E-state index contributed by atoms with van der Waals surface area (Å²) in [5.41, 5.74) is -0.162. The van der Waals surface area contributed by atoms with Crippen molar-refractivity contribution in [3.8, 4) is 5.69 Å². The standard InChI is InChI=1S/C18H14ClF3N4OS/c1-11(28-17-25-23-10-26(17)13-5-3-2-4-6-13)16(27)24-12-7-8-15(19)14(9-12)18(20,21)22/h2-11H,1H3,(H,24,27). The zero-order valence-electron chi connectivity index (χ0n) is 14.4. The Balaban J connectivity index is 1.72. The van der Waals surface area contributed by atoms with Gasteiger partial charge >= 0.3 is 6.18 Å². The Morgan fingerprint density at radius 3 is 2.61 bits per heavy atom. The van der Waals surface area contributed by atoms with E-state index in [0.717, 1.165) is 29.6 Å². The van der Waals surface area contributed by atoms with Crippen molar-refractivity contribution in [2.45, 2.75) is 23.5 Å². The maximum Gasteiger partial charge on any atom is 0.417 e. The Morgan fingerprint density at radius 1 is 1.21 bits per heavy atom. The molecule has 0 radical (unpaired) electrons. The summed E-state index contributed by atoms with van der Waals surface area (Å²) < 4.78 is 40.6. The number of anilines is 1. The lowest BCUT2D eigenvalue weighted by molar-refractivity contribution is -0.137. The third-order valence-electron chi connectivity index (χ3n) is 3.74. The number of carbonyl (C=O) groups excluding carboxylic acids is 1. The molecule has 146 valence electrons. The highest BCUT2D eigenvalue weighted by Gasteiger charge is 2.33. The first kappa shape index (κ1) is 20.2. The van der Waals surface area contributed by atoms with Gasteiger partial charge < -0.3 is 5.32 Å². The van der Waals surface area contributed by atoms with E-state index in [0.29, 0.717) is 5.16 Å². The predicted octanol–water partition coefficient (Wildman–Crippen LogP) is 5.06. The minimum Gasteiger partial charge on any atom is -0.325 e. The van der Waals surface area contributed by atoms with Crippen LogP contribution < -0.4 is 5.32 Å². The maximum atomic E-state index is 13.0. The molecule has 0 bridgehead atoms. The van der Waals surface area contributed by atoms with Crippen LogP contribution in [-0.2, 0) is 11.0 Å². The number of amides is 1. The molecule has 5 nitrogen and oxygen atoms in total. The topological polar surface area (TPSA) is 59.8 Å². The number of hydrogen-bond acceptors (Lipinski definition) is 4. The number of para-hydroxylation sites is 1. The molecule has 0 fully saturated rings. The SMILES string of the molecule is CC(Sc1nncn1-c1ccccc1)C(=O)Nc1ccc(Cl)c(C(F)(F)F)c1. The number of thioether (sulfide) groups is 1. The van der Waals surface area contributed by atoms with Crippen LogP contribution in [-0.4, -0.2) is 25.9 Å². The summed E-state index contributed by atoms with van der Waals surface area (Å²) in [5.74, 6) is -0.469. The fraction of sp³-hybridized carbons (Fsp3) is 0.167. The second-order valence-corrected chi connectivity index (χ2v) is 7.48. The Hall–Kier alpha value is -2.52. The first-order chi connectivity index (χ1) is 13.3. The van der Waals surface area contributed by atoms with Crippen molar-refractivity contribution in [3.63, 3.8) is 0 Å². The van der Waals surface area contributed by atoms with Gasteiger partial charge in [-0.25, -0.2) is 0 Å². The molecule has 0 aliphatic carbocycles. The van der Waals surface area contributed by atoms with Gasteiger partial charge in [-0.15, -0.1) is 10.2 Å². The second kappa shape index (κ2) is 8.24. The van der Waals surface area contributed by atoms with Crippen LogP contribution in [0.25, 0.3) is 5.69 Å². The van der Waals surface area contributed by atoms with E-state index in [-0.39, 0.29) is 5.69 Å². The van der Waals surface area contributed by atoms with Crippen LogP contribution in [0.3, 0.4) is 0 Å². The fourth-order valence-electron chi connectivity index (χ4n) is 2.35. The summed E-state index contributed by atoms with van der Waals surface area (Å²) in [5, 5.41) is 9.78. The zero-order valence-corrected chi connectivity index (χ0v) is 16.0. The lowest BCUT2D eigenvalue weighted by Gasteiger charge is -2.14. The number of alkyl halides is 3. The highest BCUT2D eigenvalue weighted by Crippen LogP contribution is 2.36. The molecule has 0 spiro atoms. The van der Waals surface area contributed by atoms with Crippen LogP contribution in [0, 0.1) is 0 Å². The molecule has 1 atom stereocenters. The maximum absolute atomic E-state index is 13.0. The van der Waals surface area contributed by atoms with Crippen LogP contribution >= 0.6 is 23.4 Å². The van der Waals surface area contributed by atoms with E-state index in [2.05, 4.69) is 15.5 Å². The van der Waals surface area contributed by atoms with Crippen LogP contribution in [0.15, 0.2) is 60.0 Å². The Kier molecular flexibility index (Phi) is 5.95. The molecule has 1 heterocycles. The number of aromatic nitrogens is 3. The van der Waals surface area contributed by atoms with Gasteiger partial charge in [-0.1, -0.05) is 41.6 Å². The largest absolute Gasteiger partial charge is 0.417 e. The van der Waals surface area contributed by atoms with Crippen molar-refractivity contribution in [1.29, 1.82) is 0 Å². The van der Waals surface area contributed by atoms with Crippen molar-refractivity contribution < 1.29 is 18.0 Å². The number of rotatable bonds is 5. The van der Waals surface area contributed by atoms with Gasteiger partial charge in [0, 0.05) is 11.4 Å². The summed E-state index contributed by atoms with van der Waals surface area (Å²) in [7, 11) is 0. The van der Waals surface area contributed by atoms with Gasteiger partial charge in [0.05, 0.1) is 15.8 Å². The molecule has 28 heavy (non-hydrogen) atoms. The molecule has 2 aromatic carbocycles. The van der Waals surface area contributed by atoms with Crippen LogP contribution in [0.2, 0.25) is 5.02 Å². The molecule has 3 aromatic rings. The fourth-order valence-corrected chi connectivity index (χ4v) is 3.41. The summed E-state index contributed by atoms with van der Waals surface area (Å²) >= 11 is 6.74. The highest BCUT2D eigenvalue weighted by atomic mass is 35.5. The Morgan fingerprint density at radius 2 is 1.93 bits per heavy atom. The first-order valence-corrected chi connectivity index (χ1v) is 9.31. The van der Waals surface area contributed by atoms with Gasteiger partial charge in [-0.2, -0.15) is 13.2 Å². The molecule has 1 unspecified atom stereocenters. The van der Waals surface area contributed by atoms with Crippen LogP contribution in [0.5, 0.6) is 0 Å². The van der Waals surface area contributed by atoms with E-state index >= 15 is 0 Å². The van der Waals surface area contributed by atoms with Crippen molar-refractivity contribution in [1.82, 2.24) is 14.8 Å². The van der Waals surface area contributed by atoms with E-state index in [1.54, 1.807) is 11.5 Å². The number of carbonyl (C=O) groups is 1. The molecular formula is C18H14ClF3N4OS. The molecule has 0 saturated carbocycles. The summed E-state index contributed by atoms with van der Waals surface area (Å²) in [4.78, 5) is 12.4. The van der Waals surface area contributed by atoms with Gasteiger partial charge in [0.2, 0.25) is 5.91 Å². The third-order valence-corrected chi connectivity index (χ3v) is 5.13. The number of halogens is 4. The molecule has 1 N–H and O–H groups in total. The van der Waals surface area contributed by atoms with Gasteiger partial charge in [0.1, 0.15) is 6.33 Å². The third kappa shape index (κ3) is 4.66. The van der Waals surface area contributed by atoms with E-state index < -0.39 is 27.9 Å². The molecule has 10 heteroatoms. The zero-order chi connectivity index (χ0) is 20.3. The molecular weight excluding hydrogens is 413 g/mol. The summed E-state index contributed by atoms with van der Waals surface area (Å²) in [6, 6.07) is 12.6. The van der Waals surface area contributed by atoms with E-state index in [1.807, 2.05) is 30.3 Å². The first-order valence-electron chi connectivity index (χ1n) is 8.05. The van der Waals surface area contributed by atoms with Crippen LogP contribution in [0.4, 0.5) is 18.9 Å². The lowest BCUT2D eigenvalue weighted by atomic mass is 10.2. The highest BCUT2D eigenvalue weighted by molar-refractivity contribution is 8.00. The average Bonchev–Trinajstić information content (AvgIpc) is 3.11. The van der Waals surface area contributed by atoms with Gasteiger partial charge in [0.15, 0.2) is 5.16 Å². The average molecular weight is 427 g/mol. The van der Waals surface area contributed by atoms with Gasteiger partial charge in [-0.3, -0.25) is 9.36 Å². The quantitative estimate of drug-likeness (QED) is 0.579. The van der Waals surface area contributed by atoms with Crippen LogP contribution in [0.1, 0.15) is 12.5 Å². The number of nitrogens with zero attached hydrogens (tertiary/aromatic N) is 3. The number of benzene rings is 2. The Bertz CT molecular complexity index is 978. The molecule has 0 aliphatic heterocycles. The van der Waals surface area contributed by atoms with E-state index in [1.165, 1.54) is 12.4 Å². The number of hydrogen-bond donors (Lipinski definition) is 1. The molecule has 1 amide bonds. The second-order valence-electron chi connectivity index (χ2n) is 5.76. The smallest absolute Gasteiger partial charge is 0.325 e. The molecule has 0 aliphatic rings. The van der Waals surface area contributed by atoms with E-state index in [4.69, 9.17) is 11.6 Å². The summed E-state index contributed by atoms with van der Waals surface area (Å²) in [6.45, 7) is 1.63. The van der Waals surface area contributed by atoms with Crippen molar-refractivity contribution >= 4 is 35.0 Å². The molecule has 0 saturated heterocycles. The molecule has 1 aromatic heterocycles. The van der Waals surface area contributed by atoms with Gasteiger partial charge in [-0.05, 0) is 37.3 Å². The minimum absolute atomic E-state index is 0.0127. The lowest BCUT2D eigenvalue weighted by Crippen LogP contribution is -2.23. The van der Waals surface area contributed by atoms with Gasteiger partial charge in [0.25, 0.3) is 0 Å². The monoisotopic (exact) mass is 426 g/mol.